The van der Waals surface area contributed by atoms with E-state index >= 15 is 0 Å². The lowest BCUT2D eigenvalue weighted by Gasteiger charge is -2.50. The Labute approximate surface area is 151 Å². The Bertz CT molecular complexity index is 902. The molecule has 1 aromatic heterocycles. The van der Waals surface area contributed by atoms with Crippen molar-refractivity contribution < 1.29 is 18.7 Å². The molecule has 5 atom stereocenters. The van der Waals surface area contributed by atoms with Crippen molar-refractivity contribution in [2.24, 2.45) is 11.8 Å². The van der Waals surface area contributed by atoms with Gasteiger partial charge in [-0.1, -0.05) is 6.08 Å². The summed E-state index contributed by atoms with van der Waals surface area (Å²) in [6.45, 7) is 5.76. The van der Waals surface area contributed by atoms with Gasteiger partial charge in [0.1, 0.15) is 5.75 Å². The average molecular weight is 343 g/mol. The van der Waals surface area contributed by atoms with Crippen LogP contribution in [-0.2, 0) is 0 Å². The van der Waals surface area contributed by atoms with E-state index in [2.05, 4.69) is 11.5 Å². The molecule has 0 spiro atoms. The molecule has 5 heteroatoms. The molecule has 0 aliphatic carbocycles. The van der Waals surface area contributed by atoms with Crippen molar-refractivity contribution in [3.63, 3.8) is 0 Å². The minimum atomic E-state index is -2.58. The molecule has 3 aliphatic rings. The fraction of sp³-hybridized carbons (Fsp3) is 0.450. The summed E-state index contributed by atoms with van der Waals surface area (Å²) >= 11 is 0. The molecule has 1 aromatic carbocycles. The largest absolute Gasteiger partial charge is 0.618 e. The highest BCUT2D eigenvalue weighted by molar-refractivity contribution is 5.81. The van der Waals surface area contributed by atoms with E-state index in [1.165, 1.54) is 24.4 Å². The highest BCUT2D eigenvalue weighted by Gasteiger charge is 2.42. The quantitative estimate of drug-likeness (QED) is 0.526. The number of rotatable bonds is 4. The van der Waals surface area contributed by atoms with Crippen LogP contribution in [0.3, 0.4) is 0 Å². The summed E-state index contributed by atoms with van der Waals surface area (Å²) in [5.74, 6) is 1.10. The van der Waals surface area contributed by atoms with Crippen LogP contribution in [0.5, 0.6) is 5.75 Å². The maximum absolute atomic E-state index is 12.2. The molecule has 5 nitrogen and oxygen atoms in total. The Hall–Kier alpha value is -2.11. The molecule has 0 saturated carbocycles. The van der Waals surface area contributed by atoms with Crippen molar-refractivity contribution in [1.29, 1.82) is 0 Å². The number of hydrogen-bond acceptors (Lipinski definition) is 4. The van der Waals surface area contributed by atoms with Gasteiger partial charge < -0.3 is 15.1 Å². The standard InChI is InChI=1S/C20H24N2O3/c1-3-13-12-21-8-6-14(13)10-19(21)20(23)16-7-9-22(24)18-5-4-15(25-2)11-17(16)18/h3-5,7,9,11,13-14,19-20,23H,1,6,8,10,12H2,2H3/t13-,14?,19+,20-/m0/s1/i2D3. The Balaban J connectivity index is 1.70. The van der Waals surface area contributed by atoms with Crippen molar-refractivity contribution in [2.45, 2.75) is 25.0 Å². The van der Waals surface area contributed by atoms with E-state index in [4.69, 9.17) is 8.85 Å². The van der Waals surface area contributed by atoms with Crippen LogP contribution in [0.25, 0.3) is 10.9 Å². The number of pyridine rings is 1. The summed E-state index contributed by atoms with van der Waals surface area (Å²) in [5.41, 5.74) is 0.986. The maximum Gasteiger partial charge on any atom is 0.224 e. The first kappa shape index (κ1) is 13.1. The predicted molar refractivity (Wildman–Crippen MR) is 96.2 cm³/mol. The Morgan fingerprint density at radius 1 is 1.52 bits per heavy atom. The zero-order valence-corrected chi connectivity index (χ0v) is 14.0. The minimum Gasteiger partial charge on any atom is -0.618 e. The van der Waals surface area contributed by atoms with E-state index in [1.54, 1.807) is 6.07 Å². The molecular formula is C20H24N2O3. The molecule has 3 aliphatic heterocycles. The third-order valence-electron chi connectivity index (χ3n) is 5.86. The minimum absolute atomic E-state index is 0.0344. The van der Waals surface area contributed by atoms with E-state index in [1.807, 2.05) is 6.08 Å². The van der Waals surface area contributed by atoms with Crippen LogP contribution < -0.4 is 9.47 Å². The first-order valence-electron chi connectivity index (χ1n) is 10.2. The molecule has 25 heavy (non-hydrogen) atoms. The fourth-order valence-corrected chi connectivity index (χ4v) is 4.49. The summed E-state index contributed by atoms with van der Waals surface area (Å²) in [6, 6.07) is 6.10. The van der Waals surface area contributed by atoms with Gasteiger partial charge in [-0.25, -0.2) is 0 Å². The van der Waals surface area contributed by atoms with Gasteiger partial charge in [-0.2, -0.15) is 4.73 Å². The summed E-state index contributed by atoms with van der Waals surface area (Å²) < 4.78 is 27.6. The van der Waals surface area contributed by atoms with Crippen molar-refractivity contribution in [3.05, 3.63) is 53.9 Å². The van der Waals surface area contributed by atoms with E-state index in [9.17, 15) is 10.3 Å². The van der Waals surface area contributed by atoms with Gasteiger partial charge in [0.15, 0.2) is 6.20 Å². The second kappa shape index (κ2) is 6.32. The average Bonchev–Trinajstić information content (AvgIpc) is 2.66. The summed E-state index contributed by atoms with van der Waals surface area (Å²) in [6.07, 6.45) is 4.59. The number of aliphatic hydroxyl groups is 1. The fourth-order valence-electron chi connectivity index (χ4n) is 4.49. The first-order valence-corrected chi connectivity index (χ1v) is 8.66. The topological polar surface area (TPSA) is 59.6 Å². The number of ether oxygens (including phenoxy) is 1. The van der Waals surface area contributed by atoms with Crippen LogP contribution in [0.2, 0.25) is 0 Å². The van der Waals surface area contributed by atoms with Gasteiger partial charge >= 0.3 is 0 Å². The van der Waals surface area contributed by atoms with Gasteiger partial charge in [-0.15, -0.1) is 6.58 Å². The van der Waals surface area contributed by atoms with Crippen molar-refractivity contribution in [1.82, 2.24) is 4.90 Å². The molecule has 5 rings (SSSR count). The molecule has 3 saturated heterocycles. The second-order valence-electron chi connectivity index (χ2n) is 7.07. The van der Waals surface area contributed by atoms with Crippen molar-refractivity contribution >= 4 is 10.9 Å². The van der Waals surface area contributed by atoms with Gasteiger partial charge in [-0.3, -0.25) is 4.90 Å². The van der Waals surface area contributed by atoms with Gasteiger partial charge in [0.25, 0.3) is 0 Å². The third-order valence-corrected chi connectivity index (χ3v) is 5.86. The number of benzene rings is 1. The highest BCUT2D eigenvalue weighted by Crippen LogP contribution is 2.42. The molecular weight excluding hydrogens is 316 g/mol. The number of aliphatic hydroxyl groups excluding tert-OH is 1. The van der Waals surface area contributed by atoms with Crippen LogP contribution in [0.1, 0.15) is 28.6 Å². The van der Waals surface area contributed by atoms with Crippen LogP contribution in [0.4, 0.5) is 0 Å². The number of hydrogen-bond donors (Lipinski definition) is 1. The lowest BCUT2D eigenvalue weighted by molar-refractivity contribution is -0.577. The van der Waals surface area contributed by atoms with E-state index in [-0.39, 0.29) is 11.8 Å². The Kier molecular flexibility index (Phi) is 3.32. The molecule has 3 fully saturated rings. The molecule has 2 bridgehead atoms. The van der Waals surface area contributed by atoms with Gasteiger partial charge in [0, 0.05) is 30.3 Å². The lowest BCUT2D eigenvalue weighted by Crippen LogP contribution is -2.54. The number of nitrogens with zero attached hydrogens (tertiary/aromatic N) is 2. The van der Waals surface area contributed by atoms with Crippen LogP contribution in [-0.4, -0.2) is 36.2 Å². The van der Waals surface area contributed by atoms with Crippen molar-refractivity contribution in [3.8, 4) is 5.75 Å². The van der Waals surface area contributed by atoms with Gasteiger partial charge in [-0.05, 0) is 43.4 Å². The van der Waals surface area contributed by atoms with E-state index < -0.39 is 13.1 Å². The van der Waals surface area contributed by atoms with E-state index in [0.717, 1.165) is 25.9 Å². The predicted octanol–water partition coefficient (Wildman–Crippen LogP) is 2.41. The molecule has 0 radical (unpaired) electrons. The Morgan fingerprint density at radius 2 is 2.40 bits per heavy atom. The molecule has 2 unspecified atom stereocenters. The molecule has 0 amide bonds. The van der Waals surface area contributed by atoms with Crippen molar-refractivity contribution in [2.75, 3.05) is 20.1 Å². The zero-order chi connectivity index (χ0) is 20.1. The summed E-state index contributed by atoms with van der Waals surface area (Å²) in [5, 5.41) is 23.9. The third kappa shape index (κ3) is 2.68. The van der Waals surface area contributed by atoms with Gasteiger partial charge in [0.05, 0.1) is 22.6 Å². The summed E-state index contributed by atoms with van der Waals surface area (Å²) in [7, 11) is -2.58. The maximum atomic E-state index is 12.2. The molecule has 132 valence electrons. The highest BCUT2D eigenvalue weighted by atomic mass is 16.5. The molecule has 2 aromatic rings. The van der Waals surface area contributed by atoms with Crippen LogP contribution in [0.15, 0.2) is 43.1 Å². The van der Waals surface area contributed by atoms with Gasteiger partial charge in [0.2, 0.25) is 5.52 Å². The SMILES string of the molecule is [2H]C([2H])([2H])Oc1ccc2c(c1)c([C@H](O)[C@H]1CC3CCN1C[C@@H]3C=C)cc[n+]2[O-]. The van der Waals surface area contributed by atoms with Crippen LogP contribution in [0, 0.1) is 17.0 Å². The molecule has 4 heterocycles. The number of methoxy groups -OCH3 is 1. The number of piperidine rings is 3. The number of fused-ring (bicyclic) bond motifs is 4. The number of aromatic nitrogens is 1. The normalized spacial score (nSPS) is 31.8. The lowest BCUT2D eigenvalue weighted by atomic mass is 9.73. The smallest absolute Gasteiger partial charge is 0.224 e. The molecule has 1 N–H and O–H groups in total. The van der Waals surface area contributed by atoms with Crippen LogP contribution >= 0.6 is 0 Å². The Morgan fingerprint density at radius 3 is 3.12 bits per heavy atom. The second-order valence-corrected chi connectivity index (χ2v) is 7.07. The zero-order valence-electron chi connectivity index (χ0n) is 17.0. The van der Waals surface area contributed by atoms with E-state index in [0.29, 0.717) is 33.0 Å². The first-order chi connectivity index (χ1) is 13.3. The monoisotopic (exact) mass is 343 g/mol. The summed E-state index contributed by atoms with van der Waals surface area (Å²) in [4.78, 5) is 2.30.